The molecule has 2 heterocycles. The molecule has 2 atom stereocenters. The van der Waals surface area contributed by atoms with Gasteiger partial charge in [0, 0.05) is 43.0 Å². The van der Waals surface area contributed by atoms with Gasteiger partial charge < -0.3 is 15.4 Å². The Balaban J connectivity index is 1.17. The lowest BCUT2D eigenvalue weighted by molar-refractivity contribution is 0.0774. The van der Waals surface area contributed by atoms with E-state index in [1.807, 2.05) is 18.2 Å². The first kappa shape index (κ1) is 20.8. The van der Waals surface area contributed by atoms with E-state index in [-0.39, 0.29) is 11.7 Å². The highest BCUT2D eigenvalue weighted by molar-refractivity contribution is 6.04. The number of halogens is 1. The van der Waals surface area contributed by atoms with Crippen molar-refractivity contribution in [3.05, 3.63) is 83.4 Å². The van der Waals surface area contributed by atoms with Gasteiger partial charge in [-0.2, -0.15) is 5.10 Å². The first-order valence-electron chi connectivity index (χ1n) is 11.2. The molecule has 5 rings (SSSR count). The maximum absolute atomic E-state index is 13.1. The van der Waals surface area contributed by atoms with Crippen LogP contribution < -0.4 is 10.6 Å². The third-order valence-electron chi connectivity index (χ3n) is 6.19. The maximum Gasteiger partial charge on any atom is 0.255 e. The standard InChI is InChI=1S/C25H27FN4O2/c26-20-6-4-17(5-7-20)15-30-16-22(14-27-30)29-25(31)19-3-1-2-18(12-19)23-13-24(23)28-21-8-10-32-11-9-21/h1-7,12,14,16,21,23-24,28H,8-11,13,15H2,(H,29,31). The van der Waals surface area contributed by atoms with E-state index in [1.165, 1.54) is 17.7 Å². The van der Waals surface area contributed by atoms with E-state index in [0.29, 0.717) is 35.8 Å². The predicted octanol–water partition coefficient (Wildman–Crippen LogP) is 3.95. The first-order valence-corrected chi connectivity index (χ1v) is 11.2. The molecule has 2 aromatic carbocycles. The van der Waals surface area contributed by atoms with E-state index in [9.17, 15) is 9.18 Å². The van der Waals surface area contributed by atoms with Gasteiger partial charge in [-0.1, -0.05) is 24.3 Å². The Kier molecular flexibility index (Phi) is 6.01. The quantitative estimate of drug-likeness (QED) is 0.591. The summed E-state index contributed by atoms with van der Waals surface area (Å²) in [7, 11) is 0. The van der Waals surface area contributed by atoms with Crippen molar-refractivity contribution in [2.75, 3.05) is 18.5 Å². The first-order chi connectivity index (χ1) is 15.6. The molecule has 0 bridgehead atoms. The number of hydrogen-bond donors (Lipinski definition) is 2. The third kappa shape index (κ3) is 5.06. The zero-order valence-electron chi connectivity index (χ0n) is 17.8. The van der Waals surface area contributed by atoms with Gasteiger partial charge in [0.05, 0.1) is 18.4 Å². The minimum absolute atomic E-state index is 0.150. The van der Waals surface area contributed by atoms with Crippen LogP contribution in [0, 0.1) is 5.82 Å². The summed E-state index contributed by atoms with van der Waals surface area (Å²) in [5, 5.41) is 11.0. The number of carbonyl (C=O) groups excluding carboxylic acids is 1. The normalized spacial score (nSPS) is 20.8. The van der Waals surface area contributed by atoms with Crippen molar-refractivity contribution < 1.29 is 13.9 Å². The van der Waals surface area contributed by atoms with Crippen LogP contribution in [-0.4, -0.2) is 41.0 Å². The minimum Gasteiger partial charge on any atom is -0.381 e. The van der Waals surface area contributed by atoms with Crippen molar-refractivity contribution in [3.8, 4) is 0 Å². The maximum atomic E-state index is 13.1. The molecule has 2 unspecified atom stereocenters. The van der Waals surface area contributed by atoms with E-state index in [0.717, 1.165) is 38.0 Å². The lowest BCUT2D eigenvalue weighted by Gasteiger charge is -2.23. The smallest absolute Gasteiger partial charge is 0.255 e. The third-order valence-corrected chi connectivity index (χ3v) is 6.19. The lowest BCUT2D eigenvalue weighted by atomic mass is 10.1. The van der Waals surface area contributed by atoms with Gasteiger partial charge in [0.25, 0.3) is 5.91 Å². The number of ether oxygens (including phenoxy) is 1. The van der Waals surface area contributed by atoms with Crippen LogP contribution in [0.5, 0.6) is 0 Å². The minimum atomic E-state index is -0.263. The van der Waals surface area contributed by atoms with E-state index in [4.69, 9.17) is 4.74 Å². The molecule has 0 spiro atoms. The second-order valence-corrected chi connectivity index (χ2v) is 8.63. The highest BCUT2D eigenvalue weighted by atomic mass is 19.1. The molecule has 2 N–H and O–H groups in total. The Hall–Kier alpha value is -3.03. The van der Waals surface area contributed by atoms with Crippen LogP contribution in [-0.2, 0) is 11.3 Å². The van der Waals surface area contributed by atoms with Crippen LogP contribution >= 0.6 is 0 Å². The number of nitrogens with one attached hydrogen (secondary N) is 2. The molecule has 1 saturated heterocycles. The monoisotopic (exact) mass is 434 g/mol. The summed E-state index contributed by atoms with van der Waals surface area (Å²) < 4.78 is 20.2. The van der Waals surface area contributed by atoms with Gasteiger partial charge in [0.1, 0.15) is 5.82 Å². The van der Waals surface area contributed by atoms with E-state index in [1.54, 1.807) is 29.2 Å². The van der Waals surface area contributed by atoms with E-state index < -0.39 is 0 Å². The fourth-order valence-corrected chi connectivity index (χ4v) is 4.32. The zero-order valence-corrected chi connectivity index (χ0v) is 17.8. The number of carbonyl (C=O) groups is 1. The summed E-state index contributed by atoms with van der Waals surface area (Å²) in [6.07, 6.45) is 6.65. The number of nitrogens with zero attached hydrogens (tertiary/aromatic N) is 2. The SMILES string of the molecule is O=C(Nc1cnn(Cc2ccc(F)cc2)c1)c1cccc(C2CC2NC2CCOCC2)c1. The summed E-state index contributed by atoms with van der Waals surface area (Å²) in [4.78, 5) is 12.8. The summed E-state index contributed by atoms with van der Waals surface area (Å²) in [6, 6.07) is 15.2. The summed E-state index contributed by atoms with van der Waals surface area (Å²) in [5.74, 6) is 0.0492. The lowest BCUT2D eigenvalue weighted by Crippen LogP contribution is -2.36. The van der Waals surface area contributed by atoms with Gasteiger partial charge in [-0.15, -0.1) is 0 Å². The van der Waals surface area contributed by atoms with Crippen molar-refractivity contribution in [1.82, 2.24) is 15.1 Å². The van der Waals surface area contributed by atoms with Crippen molar-refractivity contribution in [3.63, 3.8) is 0 Å². The number of hydrogen-bond acceptors (Lipinski definition) is 4. The number of benzene rings is 2. The number of rotatable bonds is 7. The molecule has 2 aliphatic rings. The Morgan fingerprint density at radius 3 is 2.78 bits per heavy atom. The molecule has 7 heteroatoms. The highest BCUT2D eigenvalue weighted by Crippen LogP contribution is 2.41. The van der Waals surface area contributed by atoms with Gasteiger partial charge in [0.2, 0.25) is 0 Å². The van der Waals surface area contributed by atoms with Crippen molar-refractivity contribution >= 4 is 11.6 Å². The Bertz CT molecular complexity index is 1080. The zero-order chi connectivity index (χ0) is 21.9. The summed E-state index contributed by atoms with van der Waals surface area (Å²) in [6.45, 7) is 2.19. The van der Waals surface area contributed by atoms with Crippen molar-refractivity contribution in [1.29, 1.82) is 0 Å². The Morgan fingerprint density at radius 2 is 1.97 bits per heavy atom. The number of anilines is 1. The van der Waals surface area contributed by atoms with Crippen LogP contribution in [0.25, 0.3) is 0 Å². The molecular weight excluding hydrogens is 407 g/mol. The number of amides is 1. The Labute approximate surface area is 186 Å². The molecule has 166 valence electrons. The van der Waals surface area contributed by atoms with Gasteiger partial charge in [-0.05, 0) is 54.7 Å². The average molecular weight is 435 g/mol. The van der Waals surface area contributed by atoms with Crippen LogP contribution in [0.2, 0.25) is 0 Å². The molecule has 1 aliphatic carbocycles. The van der Waals surface area contributed by atoms with Gasteiger partial charge in [-0.25, -0.2) is 4.39 Å². The van der Waals surface area contributed by atoms with Gasteiger partial charge in [-0.3, -0.25) is 9.48 Å². The molecule has 1 amide bonds. The van der Waals surface area contributed by atoms with Gasteiger partial charge >= 0.3 is 0 Å². The molecule has 0 radical (unpaired) electrons. The molecule has 6 nitrogen and oxygen atoms in total. The van der Waals surface area contributed by atoms with Crippen LogP contribution in [0.4, 0.5) is 10.1 Å². The second kappa shape index (κ2) is 9.22. The summed E-state index contributed by atoms with van der Waals surface area (Å²) >= 11 is 0. The van der Waals surface area contributed by atoms with Crippen LogP contribution in [0.3, 0.4) is 0 Å². The van der Waals surface area contributed by atoms with E-state index >= 15 is 0 Å². The summed E-state index contributed by atoms with van der Waals surface area (Å²) in [5.41, 5.74) is 3.42. The van der Waals surface area contributed by atoms with E-state index in [2.05, 4.69) is 21.8 Å². The molecule has 2 fully saturated rings. The van der Waals surface area contributed by atoms with Crippen LogP contribution in [0.1, 0.15) is 46.7 Å². The molecule has 1 saturated carbocycles. The van der Waals surface area contributed by atoms with Crippen LogP contribution in [0.15, 0.2) is 60.9 Å². The molecular formula is C25H27FN4O2. The second-order valence-electron chi connectivity index (χ2n) is 8.63. The average Bonchev–Trinajstić information content (AvgIpc) is 3.45. The largest absolute Gasteiger partial charge is 0.381 e. The molecule has 1 aliphatic heterocycles. The fourth-order valence-electron chi connectivity index (χ4n) is 4.32. The number of aromatic nitrogens is 2. The van der Waals surface area contributed by atoms with Crippen molar-refractivity contribution in [2.45, 2.75) is 43.8 Å². The predicted molar refractivity (Wildman–Crippen MR) is 120 cm³/mol. The molecule has 32 heavy (non-hydrogen) atoms. The fraction of sp³-hybridized carbons (Fsp3) is 0.360. The topological polar surface area (TPSA) is 68.2 Å². The van der Waals surface area contributed by atoms with Gasteiger partial charge in [0.15, 0.2) is 0 Å². The Morgan fingerprint density at radius 1 is 1.16 bits per heavy atom. The molecule has 1 aromatic heterocycles. The highest BCUT2D eigenvalue weighted by Gasteiger charge is 2.39. The van der Waals surface area contributed by atoms with Crippen molar-refractivity contribution in [2.24, 2.45) is 0 Å². The molecule has 3 aromatic rings.